The number of benzene rings is 2. The summed E-state index contributed by atoms with van der Waals surface area (Å²) < 4.78 is 23.9. The molecule has 146 valence electrons. The maximum atomic E-state index is 13.2. The zero-order valence-electron chi connectivity index (χ0n) is 15.4. The predicted molar refractivity (Wildman–Crippen MR) is 104 cm³/mol. The first kappa shape index (κ1) is 18.5. The molecule has 0 spiro atoms. The highest BCUT2D eigenvalue weighted by molar-refractivity contribution is 5.94. The fraction of sp³-hybridized carbons (Fsp3) is 0.190. The van der Waals surface area contributed by atoms with Crippen LogP contribution in [0.15, 0.2) is 42.5 Å². The number of aromatic nitrogens is 1. The topological polar surface area (TPSA) is 96.3 Å². The van der Waals surface area contributed by atoms with Crippen LogP contribution >= 0.6 is 0 Å². The van der Waals surface area contributed by atoms with E-state index in [0.29, 0.717) is 47.9 Å². The summed E-state index contributed by atoms with van der Waals surface area (Å²) in [6.07, 6.45) is 0.604. The summed E-state index contributed by atoms with van der Waals surface area (Å²) in [5.74, 6) is 0.949. The van der Waals surface area contributed by atoms with Gasteiger partial charge in [0.25, 0.3) is 5.91 Å². The molecule has 29 heavy (non-hydrogen) atoms. The van der Waals surface area contributed by atoms with Crippen LogP contribution in [0.1, 0.15) is 22.3 Å². The van der Waals surface area contributed by atoms with Gasteiger partial charge in [0, 0.05) is 30.1 Å². The number of nitriles is 1. The molecule has 1 aromatic heterocycles. The fourth-order valence-corrected chi connectivity index (χ4v) is 3.01. The molecule has 1 aliphatic rings. The minimum Gasteiger partial charge on any atom is -0.454 e. The lowest BCUT2D eigenvalue weighted by atomic mass is 10.1. The molecule has 1 aliphatic heterocycles. The van der Waals surface area contributed by atoms with E-state index in [2.05, 4.69) is 21.7 Å². The number of hydrogen-bond donors (Lipinski definition) is 2. The van der Waals surface area contributed by atoms with Gasteiger partial charge in [-0.15, -0.1) is 0 Å². The Bertz CT molecular complexity index is 1130. The highest BCUT2D eigenvalue weighted by Gasteiger charge is 2.16. The highest BCUT2D eigenvalue weighted by atomic mass is 19.1. The molecule has 0 saturated heterocycles. The van der Waals surface area contributed by atoms with Gasteiger partial charge in [0.05, 0.1) is 11.1 Å². The van der Waals surface area contributed by atoms with Crippen molar-refractivity contribution in [1.82, 2.24) is 10.3 Å². The third-order valence-electron chi connectivity index (χ3n) is 4.45. The summed E-state index contributed by atoms with van der Waals surface area (Å²) in [7, 11) is 0. The number of nitrogens with one attached hydrogen (secondary N) is 2. The van der Waals surface area contributed by atoms with Crippen molar-refractivity contribution in [2.24, 2.45) is 0 Å². The summed E-state index contributed by atoms with van der Waals surface area (Å²) in [6.45, 7) is 1.07. The molecule has 0 radical (unpaired) electrons. The molecule has 0 atom stereocenters. The van der Waals surface area contributed by atoms with E-state index in [-0.39, 0.29) is 18.3 Å². The second kappa shape index (κ2) is 8.02. The number of halogens is 1. The number of anilines is 1. The number of amides is 1. The van der Waals surface area contributed by atoms with E-state index in [1.807, 2.05) is 0 Å². The summed E-state index contributed by atoms with van der Waals surface area (Å²) in [4.78, 5) is 16.5. The molecule has 3 aromatic rings. The Morgan fingerprint density at radius 2 is 2.00 bits per heavy atom. The van der Waals surface area contributed by atoms with Crippen molar-refractivity contribution in [3.63, 3.8) is 0 Å². The number of hydrogen-bond acceptors (Lipinski definition) is 6. The number of rotatable bonds is 6. The van der Waals surface area contributed by atoms with Crippen molar-refractivity contribution in [3.8, 4) is 17.6 Å². The van der Waals surface area contributed by atoms with Crippen LogP contribution in [0.5, 0.6) is 11.5 Å². The van der Waals surface area contributed by atoms with E-state index in [1.54, 1.807) is 24.3 Å². The van der Waals surface area contributed by atoms with Crippen LogP contribution in [0.2, 0.25) is 0 Å². The SMILES string of the molecule is N#Cc1cc2cc3c(cc2nc1NCCCNC(=O)c1cccc(F)c1)OCO3. The maximum Gasteiger partial charge on any atom is 0.251 e. The monoisotopic (exact) mass is 392 g/mol. The standard InChI is InChI=1S/C21H17FN4O3/c22-16-4-1-3-13(8-16)21(27)25-6-2-5-24-20-15(11-23)7-14-9-18-19(29-12-28-18)10-17(14)26-20/h1,3-4,7-10H,2,5-6,12H2,(H,24,26)(H,25,27). The molecular formula is C21H17FN4O3. The van der Waals surface area contributed by atoms with Crippen LogP contribution in [-0.2, 0) is 0 Å². The van der Waals surface area contributed by atoms with Crippen molar-refractivity contribution in [3.05, 3.63) is 59.4 Å². The zero-order valence-corrected chi connectivity index (χ0v) is 15.4. The van der Waals surface area contributed by atoms with Gasteiger partial charge < -0.3 is 20.1 Å². The molecular weight excluding hydrogens is 375 g/mol. The second-order valence-electron chi connectivity index (χ2n) is 6.44. The second-order valence-corrected chi connectivity index (χ2v) is 6.44. The van der Waals surface area contributed by atoms with E-state index >= 15 is 0 Å². The van der Waals surface area contributed by atoms with Gasteiger partial charge in [-0.1, -0.05) is 6.07 Å². The molecule has 0 bridgehead atoms. The summed E-state index contributed by atoms with van der Waals surface area (Å²) in [6, 6.07) is 13.0. The molecule has 2 N–H and O–H groups in total. The Kier molecular flexibility index (Phi) is 5.12. The van der Waals surface area contributed by atoms with Gasteiger partial charge in [-0.2, -0.15) is 5.26 Å². The van der Waals surface area contributed by atoms with Gasteiger partial charge in [-0.05, 0) is 36.8 Å². The van der Waals surface area contributed by atoms with E-state index < -0.39 is 5.82 Å². The molecule has 0 aliphatic carbocycles. The quantitative estimate of drug-likeness (QED) is 0.626. The maximum absolute atomic E-state index is 13.2. The normalized spacial score (nSPS) is 11.9. The number of carbonyl (C=O) groups is 1. The molecule has 1 amide bonds. The number of fused-ring (bicyclic) bond motifs is 2. The van der Waals surface area contributed by atoms with Crippen LogP contribution in [0.3, 0.4) is 0 Å². The molecule has 7 nitrogen and oxygen atoms in total. The first-order chi connectivity index (χ1) is 14.1. The van der Waals surface area contributed by atoms with Crippen molar-refractivity contribution >= 4 is 22.6 Å². The zero-order chi connectivity index (χ0) is 20.2. The van der Waals surface area contributed by atoms with E-state index in [4.69, 9.17) is 9.47 Å². The van der Waals surface area contributed by atoms with Crippen LogP contribution in [0, 0.1) is 17.1 Å². The van der Waals surface area contributed by atoms with Crippen molar-refractivity contribution in [2.45, 2.75) is 6.42 Å². The summed E-state index contributed by atoms with van der Waals surface area (Å²) in [5.41, 5.74) is 1.38. The Balaban J connectivity index is 1.36. The number of pyridine rings is 1. The number of ether oxygens (including phenoxy) is 2. The van der Waals surface area contributed by atoms with Gasteiger partial charge in [0.2, 0.25) is 6.79 Å². The van der Waals surface area contributed by atoms with Crippen LogP contribution < -0.4 is 20.1 Å². The molecule has 4 rings (SSSR count). The third kappa shape index (κ3) is 4.04. The first-order valence-corrected chi connectivity index (χ1v) is 9.06. The number of nitrogens with zero attached hydrogens (tertiary/aromatic N) is 2. The molecule has 2 heterocycles. The smallest absolute Gasteiger partial charge is 0.251 e. The van der Waals surface area contributed by atoms with Crippen molar-refractivity contribution < 1.29 is 18.7 Å². The Labute approximate surface area is 166 Å². The fourth-order valence-electron chi connectivity index (χ4n) is 3.01. The van der Waals surface area contributed by atoms with Crippen LogP contribution in [0.25, 0.3) is 10.9 Å². The average molecular weight is 392 g/mol. The van der Waals surface area contributed by atoms with Gasteiger partial charge in [0.1, 0.15) is 17.7 Å². The Morgan fingerprint density at radius 3 is 2.79 bits per heavy atom. The van der Waals surface area contributed by atoms with Gasteiger partial charge in [0.15, 0.2) is 11.5 Å². The summed E-state index contributed by atoms with van der Waals surface area (Å²) in [5, 5.41) is 16.1. The van der Waals surface area contributed by atoms with Crippen molar-refractivity contribution in [1.29, 1.82) is 5.26 Å². The van der Waals surface area contributed by atoms with Gasteiger partial charge >= 0.3 is 0 Å². The molecule has 2 aromatic carbocycles. The van der Waals surface area contributed by atoms with E-state index in [1.165, 1.54) is 18.2 Å². The highest BCUT2D eigenvalue weighted by Crippen LogP contribution is 2.36. The van der Waals surface area contributed by atoms with E-state index in [0.717, 1.165) is 5.39 Å². The molecule has 0 saturated carbocycles. The minimum absolute atomic E-state index is 0.170. The predicted octanol–water partition coefficient (Wildman–Crippen LogP) is 3.21. The minimum atomic E-state index is -0.451. The lowest BCUT2D eigenvalue weighted by Crippen LogP contribution is -2.26. The Morgan fingerprint density at radius 1 is 1.17 bits per heavy atom. The molecule has 0 fully saturated rings. The average Bonchev–Trinajstić information content (AvgIpc) is 3.18. The lowest BCUT2D eigenvalue weighted by Gasteiger charge is -2.10. The Hall–Kier alpha value is -3.86. The summed E-state index contributed by atoms with van der Waals surface area (Å²) >= 11 is 0. The van der Waals surface area contributed by atoms with E-state index in [9.17, 15) is 14.4 Å². The van der Waals surface area contributed by atoms with Gasteiger partial charge in [-0.25, -0.2) is 9.37 Å². The molecule has 0 unspecified atom stereocenters. The molecule has 8 heteroatoms. The van der Waals surface area contributed by atoms with Crippen LogP contribution in [-0.4, -0.2) is 30.8 Å². The lowest BCUT2D eigenvalue weighted by molar-refractivity contribution is 0.0953. The number of carbonyl (C=O) groups excluding carboxylic acids is 1. The van der Waals surface area contributed by atoms with Crippen LogP contribution in [0.4, 0.5) is 10.2 Å². The first-order valence-electron chi connectivity index (χ1n) is 9.06. The third-order valence-corrected chi connectivity index (χ3v) is 4.45. The van der Waals surface area contributed by atoms with Crippen molar-refractivity contribution in [2.75, 3.05) is 25.2 Å². The van der Waals surface area contributed by atoms with Gasteiger partial charge in [-0.3, -0.25) is 4.79 Å². The largest absolute Gasteiger partial charge is 0.454 e.